The van der Waals surface area contributed by atoms with E-state index >= 15 is 0 Å². The number of hydrazine groups is 1. The highest BCUT2D eigenvalue weighted by atomic mass is 16.5. The number of rotatable bonds is 5. The van der Waals surface area contributed by atoms with Gasteiger partial charge in [-0.3, -0.25) is 16.2 Å². The van der Waals surface area contributed by atoms with Gasteiger partial charge in [-0.15, -0.1) is 0 Å². The van der Waals surface area contributed by atoms with Gasteiger partial charge in [-0.25, -0.2) is 0 Å². The first-order valence-corrected chi connectivity index (χ1v) is 8.51. The summed E-state index contributed by atoms with van der Waals surface area (Å²) in [6, 6.07) is 0.392. The standard InChI is InChI=1S/C16H33N3O/c1-3-16(2,19-10-12-20-13-11-19)15(18-17)14-8-6-4-5-7-9-14/h14-15,18H,3-13,17H2,1-2H3. The predicted octanol–water partition coefficient (Wildman–Crippen LogP) is 2.29. The molecule has 0 aromatic carbocycles. The van der Waals surface area contributed by atoms with Crippen LogP contribution in [0.2, 0.25) is 0 Å². The molecule has 3 N–H and O–H groups in total. The van der Waals surface area contributed by atoms with Crippen molar-refractivity contribution in [1.29, 1.82) is 0 Å². The number of nitrogens with zero attached hydrogens (tertiary/aromatic N) is 1. The first kappa shape index (κ1) is 16.2. The molecule has 1 heterocycles. The van der Waals surface area contributed by atoms with Crippen molar-refractivity contribution in [3.05, 3.63) is 0 Å². The molecule has 2 fully saturated rings. The van der Waals surface area contributed by atoms with Gasteiger partial charge in [-0.2, -0.15) is 0 Å². The lowest BCUT2D eigenvalue weighted by molar-refractivity contribution is -0.0423. The van der Waals surface area contributed by atoms with Crippen molar-refractivity contribution in [2.45, 2.75) is 70.4 Å². The Kier molecular flexibility index (Phi) is 6.27. The van der Waals surface area contributed by atoms with Gasteiger partial charge >= 0.3 is 0 Å². The van der Waals surface area contributed by atoms with E-state index in [1.807, 2.05) is 0 Å². The van der Waals surface area contributed by atoms with E-state index in [4.69, 9.17) is 10.6 Å². The first-order valence-electron chi connectivity index (χ1n) is 8.51. The van der Waals surface area contributed by atoms with Crippen LogP contribution in [0.3, 0.4) is 0 Å². The number of ether oxygens (including phenoxy) is 1. The molecule has 2 aliphatic rings. The lowest BCUT2D eigenvalue weighted by Crippen LogP contribution is -2.65. The number of hydrogen-bond acceptors (Lipinski definition) is 4. The van der Waals surface area contributed by atoms with E-state index in [9.17, 15) is 0 Å². The maximum Gasteiger partial charge on any atom is 0.0594 e. The van der Waals surface area contributed by atoms with Crippen LogP contribution in [0.1, 0.15) is 58.8 Å². The van der Waals surface area contributed by atoms with Gasteiger partial charge in [-0.1, -0.05) is 32.6 Å². The fourth-order valence-electron chi connectivity index (χ4n) is 4.18. The molecule has 0 amide bonds. The molecular formula is C16H33N3O. The van der Waals surface area contributed by atoms with E-state index < -0.39 is 0 Å². The van der Waals surface area contributed by atoms with E-state index in [1.54, 1.807) is 0 Å². The summed E-state index contributed by atoms with van der Waals surface area (Å²) < 4.78 is 5.52. The van der Waals surface area contributed by atoms with Gasteiger partial charge in [0.15, 0.2) is 0 Å². The van der Waals surface area contributed by atoms with Gasteiger partial charge in [0, 0.05) is 24.7 Å². The van der Waals surface area contributed by atoms with Crippen LogP contribution >= 0.6 is 0 Å². The highest BCUT2D eigenvalue weighted by Crippen LogP contribution is 2.35. The van der Waals surface area contributed by atoms with Crippen molar-refractivity contribution in [2.75, 3.05) is 26.3 Å². The Morgan fingerprint density at radius 3 is 2.30 bits per heavy atom. The van der Waals surface area contributed by atoms with Crippen molar-refractivity contribution in [1.82, 2.24) is 10.3 Å². The van der Waals surface area contributed by atoms with Crippen LogP contribution < -0.4 is 11.3 Å². The van der Waals surface area contributed by atoms with Crippen LogP contribution in [-0.2, 0) is 4.74 Å². The highest BCUT2D eigenvalue weighted by molar-refractivity contribution is 4.99. The average molecular weight is 283 g/mol. The van der Waals surface area contributed by atoms with Crippen LogP contribution in [0, 0.1) is 5.92 Å². The van der Waals surface area contributed by atoms with Crippen LogP contribution in [0.25, 0.3) is 0 Å². The van der Waals surface area contributed by atoms with Gasteiger partial charge in [0.05, 0.1) is 13.2 Å². The second-order valence-electron chi connectivity index (χ2n) is 6.71. The maximum absolute atomic E-state index is 6.02. The molecule has 0 bridgehead atoms. The molecule has 4 heteroatoms. The number of nitrogens with two attached hydrogens (primary N) is 1. The largest absolute Gasteiger partial charge is 0.379 e. The molecule has 2 rings (SSSR count). The van der Waals surface area contributed by atoms with Gasteiger partial charge in [0.2, 0.25) is 0 Å². The van der Waals surface area contributed by atoms with E-state index in [-0.39, 0.29) is 5.54 Å². The molecule has 0 radical (unpaired) electrons. The maximum atomic E-state index is 6.02. The van der Waals surface area contributed by atoms with Gasteiger partial charge < -0.3 is 4.74 Å². The summed E-state index contributed by atoms with van der Waals surface area (Å²) in [5.41, 5.74) is 3.35. The number of nitrogens with one attached hydrogen (secondary N) is 1. The zero-order valence-corrected chi connectivity index (χ0v) is 13.4. The molecule has 0 aromatic heterocycles. The van der Waals surface area contributed by atoms with Crippen LogP contribution in [0.4, 0.5) is 0 Å². The Bertz CT molecular complexity index is 273. The van der Waals surface area contributed by atoms with E-state index in [0.717, 1.165) is 38.6 Å². The minimum absolute atomic E-state index is 0.146. The smallest absolute Gasteiger partial charge is 0.0594 e. The number of morpholine rings is 1. The monoisotopic (exact) mass is 283 g/mol. The summed E-state index contributed by atoms with van der Waals surface area (Å²) >= 11 is 0. The number of hydrogen-bond donors (Lipinski definition) is 2. The fraction of sp³-hybridized carbons (Fsp3) is 1.00. The molecular weight excluding hydrogens is 250 g/mol. The van der Waals surface area contributed by atoms with E-state index in [2.05, 4.69) is 24.2 Å². The summed E-state index contributed by atoms with van der Waals surface area (Å²) in [5, 5.41) is 0. The summed E-state index contributed by atoms with van der Waals surface area (Å²) in [4.78, 5) is 2.60. The van der Waals surface area contributed by atoms with Gasteiger partial charge in [-0.05, 0) is 32.1 Å². The average Bonchev–Trinajstić information content (AvgIpc) is 2.78. The van der Waals surface area contributed by atoms with Crippen molar-refractivity contribution >= 4 is 0 Å². The Morgan fingerprint density at radius 2 is 1.80 bits per heavy atom. The summed E-state index contributed by atoms with van der Waals surface area (Å²) in [6.45, 7) is 8.49. The lowest BCUT2D eigenvalue weighted by atomic mass is 9.76. The normalized spacial score (nSPS) is 27.8. The molecule has 1 aliphatic heterocycles. The SMILES string of the molecule is CCC(C)(C(NN)C1CCCCCC1)N1CCOCC1. The second kappa shape index (κ2) is 7.74. The van der Waals surface area contributed by atoms with Crippen molar-refractivity contribution in [3.63, 3.8) is 0 Å². The molecule has 118 valence electrons. The summed E-state index contributed by atoms with van der Waals surface area (Å²) in [5.74, 6) is 6.73. The zero-order valence-electron chi connectivity index (χ0n) is 13.4. The zero-order chi connectivity index (χ0) is 14.4. The molecule has 1 saturated heterocycles. The molecule has 4 nitrogen and oxygen atoms in total. The Morgan fingerprint density at radius 1 is 1.20 bits per heavy atom. The van der Waals surface area contributed by atoms with E-state index in [0.29, 0.717) is 6.04 Å². The lowest BCUT2D eigenvalue weighted by Gasteiger charge is -2.50. The molecule has 1 saturated carbocycles. The minimum Gasteiger partial charge on any atom is -0.379 e. The molecule has 1 aliphatic carbocycles. The second-order valence-corrected chi connectivity index (χ2v) is 6.71. The summed E-state index contributed by atoms with van der Waals surface area (Å²) in [6.07, 6.45) is 9.32. The first-order chi connectivity index (χ1) is 9.72. The predicted molar refractivity (Wildman–Crippen MR) is 83.4 cm³/mol. The fourth-order valence-corrected chi connectivity index (χ4v) is 4.18. The third kappa shape index (κ3) is 3.53. The third-order valence-electron chi connectivity index (χ3n) is 5.67. The van der Waals surface area contributed by atoms with Crippen molar-refractivity contribution in [3.8, 4) is 0 Å². The topological polar surface area (TPSA) is 50.5 Å². The molecule has 0 spiro atoms. The van der Waals surface area contributed by atoms with Crippen molar-refractivity contribution < 1.29 is 4.74 Å². The van der Waals surface area contributed by atoms with E-state index in [1.165, 1.54) is 38.5 Å². The van der Waals surface area contributed by atoms with Crippen molar-refractivity contribution in [2.24, 2.45) is 11.8 Å². The Balaban J connectivity index is 2.11. The minimum atomic E-state index is 0.146. The Labute approximate surface area is 124 Å². The molecule has 20 heavy (non-hydrogen) atoms. The van der Waals surface area contributed by atoms with Crippen LogP contribution in [0.5, 0.6) is 0 Å². The molecule has 2 atom stereocenters. The van der Waals surface area contributed by atoms with Gasteiger partial charge in [0.25, 0.3) is 0 Å². The third-order valence-corrected chi connectivity index (χ3v) is 5.67. The van der Waals surface area contributed by atoms with Crippen LogP contribution in [0.15, 0.2) is 0 Å². The summed E-state index contributed by atoms with van der Waals surface area (Å²) in [7, 11) is 0. The van der Waals surface area contributed by atoms with Crippen LogP contribution in [-0.4, -0.2) is 42.8 Å². The highest BCUT2D eigenvalue weighted by Gasteiger charge is 2.42. The van der Waals surface area contributed by atoms with Gasteiger partial charge in [0.1, 0.15) is 0 Å². The molecule has 2 unspecified atom stereocenters. The molecule has 0 aromatic rings. The Hall–Kier alpha value is -0.160. The quantitative estimate of drug-likeness (QED) is 0.462.